The van der Waals surface area contributed by atoms with Gasteiger partial charge in [-0.15, -0.1) is 0 Å². The van der Waals surface area contributed by atoms with Crippen molar-refractivity contribution in [3.63, 3.8) is 0 Å². The Morgan fingerprint density at radius 3 is 2.57 bits per heavy atom. The number of aromatic amines is 1. The molecule has 4 rings (SSSR count). The fourth-order valence-electron chi connectivity index (χ4n) is 2.98. The van der Waals surface area contributed by atoms with Gasteiger partial charge in [0.1, 0.15) is 18.1 Å². The fraction of sp³-hybridized carbons (Fsp3) is 0.0870. The van der Waals surface area contributed by atoms with Gasteiger partial charge in [0, 0.05) is 28.5 Å². The van der Waals surface area contributed by atoms with Gasteiger partial charge in [-0.3, -0.25) is 4.79 Å². The molecule has 0 bridgehead atoms. The van der Waals surface area contributed by atoms with E-state index in [0.29, 0.717) is 23.9 Å². The van der Waals surface area contributed by atoms with Crippen LogP contribution in [0.4, 0.5) is 0 Å². The van der Waals surface area contributed by atoms with Crippen LogP contribution in [0.5, 0.6) is 5.75 Å². The maximum atomic E-state index is 12.5. The second-order valence-corrected chi connectivity index (χ2v) is 6.96. The van der Waals surface area contributed by atoms with Gasteiger partial charge in [-0.05, 0) is 41.5 Å². The van der Waals surface area contributed by atoms with E-state index in [2.05, 4.69) is 10.3 Å². The summed E-state index contributed by atoms with van der Waals surface area (Å²) < 4.78 is 5.85. The zero-order valence-electron chi connectivity index (χ0n) is 15.1. The van der Waals surface area contributed by atoms with Crippen LogP contribution in [-0.4, -0.2) is 10.9 Å². The second-order valence-electron chi connectivity index (χ2n) is 6.52. The predicted molar refractivity (Wildman–Crippen MR) is 112 cm³/mol. The molecular weight excluding hydrogens is 372 g/mol. The molecule has 28 heavy (non-hydrogen) atoms. The molecule has 0 unspecified atom stereocenters. The smallest absolute Gasteiger partial charge is 0.267 e. The first-order valence-electron chi connectivity index (χ1n) is 8.99. The number of H-pyrrole nitrogens is 1. The lowest BCUT2D eigenvalue weighted by Crippen LogP contribution is -2.23. The van der Waals surface area contributed by atoms with Gasteiger partial charge in [0.25, 0.3) is 5.91 Å². The van der Waals surface area contributed by atoms with Gasteiger partial charge in [-0.1, -0.05) is 54.1 Å². The Labute approximate surface area is 168 Å². The van der Waals surface area contributed by atoms with Crippen LogP contribution in [0.15, 0.2) is 78.9 Å². The van der Waals surface area contributed by atoms with Crippen molar-refractivity contribution >= 4 is 28.4 Å². The minimum absolute atomic E-state index is 0.164. The first kappa shape index (κ1) is 18.1. The number of fused-ring (bicyclic) bond motifs is 1. The number of nitrogens with one attached hydrogen (secondary N) is 2. The Morgan fingerprint density at radius 2 is 1.75 bits per heavy atom. The summed E-state index contributed by atoms with van der Waals surface area (Å²) in [5.74, 6) is 0.590. The summed E-state index contributed by atoms with van der Waals surface area (Å²) in [6.45, 7) is 0.917. The summed E-state index contributed by atoms with van der Waals surface area (Å²) in [6, 6.07) is 25.0. The second kappa shape index (κ2) is 8.19. The molecule has 0 saturated carbocycles. The summed E-state index contributed by atoms with van der Waals surface area (Å²) in [5, 5.41) is 4.52. The van der Waals surface area contributed by atoms with E-state index in [1.807, 2.05) is 78.9 Å². The van der Waals surface area contributed by atoms with Gasteiger partial charge in [0.2, 0.25) is 0 Å². The van der Waals surface area contributed by atoms with Gasteiger partial charge in [-0.2, -0.15) is 0 Å². The van der Waals surface area contributed by atoms with Gasteiger partial charge >= 0.3 is 0 Å². The van der Waals surface area contributed by atoms with E-state index >= 15 is 0 Å². The average molecular weight is 391 g/mol. The summed E-state index contributed by atoms with van der Waals surface area (Å²) in [4.78, 5) is 15.6. The standard InChI is InChI=1S/C23H19ClN2O2/c24-19-8-4-7-17(11-19)14-25-23(27)22-12-18-9-10-20(13-21(18)26-22)28-15-16-5-2-1-3-6-16/h1-13,26H,14-15H2,(H,25,27). The van der Waals surface area contributed by atoms with Gasteiger partial charge in [0.15, 0.2) is 0 Å². The number of benzene rings is 3. The van der Waals surface area contributed by atoms with Crippen molar-refractivity contribution in [2.75, 3.05) is 0 Å². The zero-order chi connectivity index (χ0) is 19.3. The van der Waals surface area contributed by atoms with Crippen molar-refractivity contribution in [2.24, 2.45) is 0 Å². The molecule has 4 nitrogen and oxygen atoms in total. The van der Waals surface area contributed by atoms with Crippen molar-refractivity contribution in [2.45, 2.75) is 13.2 Å². The predicted octanol–water partition coefficient (Wildman–Crippen LogP) is 5.33. The molecule has 0 saturated heterocycles. The minimum atomic E-state index is -0.164. The van der Waals surface area contributed by atoms with Crippen LogP contribution in [0, 0.1) is 0 Å². The van der Waals surface area contributed by atoms with Crippen LogP contribution in [0.2, 0.25) is 5.02 Å². The molecule has 5 heteroatoms. The first-order valence-corrected chi connectivity index (χ1v) is 9.37. The molecule has 1 aromatic heterocycles. The molecule has 3 aromatic carbocycles. The van der Waals surface area contributed by atoms with Crippen LogP contribution in [0.1, 0.15) is 21.6 Å². The Balaban J connectivity index is 1.43. The van der Waals surface area contributed by atoms with E-state index in [-0.39, 0.29) is 5.91 Å². The molecule has 1 heterocycles. The number of amides is 1. The lowest BCUT2D eigenvalue weighted by molar-refractivity contribution is 0.0946. The Hall–Kier alpha value is -3.24. The van der Waals surface area contributed by atoms with E-state index in [1.54, 1.807) is 0 Å². The molecule has 2 N–H and O–H groups in total. The monoisotopic (exact) mass is 390 g/mol. The third-order valence-corrected chi connectivity index (χ3v) is 4.66. The summed E-state index contributed by atoms with van der Waals surface area (Å²) >= 11 is 5.98. The molecule has 1 amide bonds. The highest BCUT2D eigenvalue weighted by Gasteiger charge is 2.10. The Morgan fingerprint density at radius 1 is 0.929 bits per heavy atom. The molecule has 0 atom stereocenters. The lowest BCUT2D eigenvalue weighted by atomic mass is 10.2. The molecule has 0 aliphatic rings. The van der Waals surface area contributed by atoms with Gasteiger partial charge < -0.3 is 15.0 Å². The highest BCUT2D eigenvalue weighted by atomic mass is 35.5. The van der Waals surface area contributed by atoms with Gasteiger partial charge in [0.05, 0.1) is 0 Å². The minimum Gasteiger partial charge on any atom is -0.489 e. The van der Waals surface area contributed by atoms with E-state index in [1.165, 1.54) is 0 Å². The van der Waals surface area contributed by atoms with Crippen molar-refractivity contribution < 1.29 is 9.53 Å². The first-order chi connectivity index (χ1) is 13.7. The van der Waals surface area contributed by atoms with Crippen LogP contribution in [0.25, 0.3) is 10.9 Å². The van der Waals surface area contributed by atoms with Crippen molar-refractivity contribution in [1.29, 1.82) is 0 Å². The highest BCUT2D eigenvalue weighted by molar-refractivity contribution is 6.30. The molecule has 0 spiro atoms. The van der Waals surface area contributed by atoms with Crippen molar-refractivity contribution in [3.05, 3.63) is 101 Å². The summed E-state index contributed by atoms with van der Waals surface area (Å²) in [6.07, 6.45) is 0. The van der Waals surface area contributed by atoms with E-state index < -0.39 is 0 Å². The van der Waals surface area contributed by atoms with Crippen LogP contribution in [-0.2, 0) is 13.2 Å². The maximum Gasteiger partial charge on any atom is 0.267 e. The number of rotatable bonds is 6. The third kappa shape index (κ3) is 4.35. The Bertz CT molecular complexity index is 1110. The number of carbonyl (C=O) groups is 1. The van der Waals surface area contributed by atoms with Crippen molar-refractivity contribution in [3.8, 4) is 5.75 Å². The summed E-state index contributed by atoms with van der Waals surface area (Å²) in [5.41, 5.74) is 3.43. The van der Waals surface area contributed by atoms with E-state index in [0.717, 1.165) is 27.8 Å². The SMILES string of the molecule is O=C(NCc1cccc(Cl)c1)c1cc2ccc(OCc3ccccc3)cc2[nH]1. The Kier molecular flexibility index (Phi) is 5.31. The molecule has 0 aliphatic heterocycles. The molecule has 0 radical (unpaired) electrons. The number of ether oxygens (including phenoxy) is 1. The van der Waals surface area contributed by atoms with Crippen LogP contribution in [0.3, 0.4) is 0 Å². The summed E-state index contributed by atoms with van der Waals surface area (Å²) in [7, 11) is 0. The van der Waals surface area contributed by atoms with Gasteiger partial charge in [-0.25, -0.2) is 0 Å². The molecule has 4 aromatic rings. The van der Waals surface area contributed by atoms with Crippen LogP contribution >= 0.6 is 11.6 Å². The lowest BCUT2D eigenvalue weighted by Gasteiger charge is -2.06. The maximum absolute atomic E-state index is 12.5. The largest absolute Gasteiger partial charge is 0.489 e. The zero-order valence-corrected chi connectivity index (χ0v) is 15.9. The van der Waals surface area contributed by atoms with Crippen LogP contribution < -0.4 is 10.1 Å². The molecule has 140 valence electrons. The quantitative estimate of drug-likeness (QED) is 0.467. The topological polar surface area (TPSA) is 54.1 Å². The van der Waals surface area contributed by atoms with E-state index in [4.69, 9.17) is 16.3 Å². The third-order valence-electron chi connectivity index (χ3n) is 4.43. The molecule has 0 aliphatic carbocycles. The highest BCUT2D eigenvalue weighted by Crippen LogP contribution is 2.22. The molecular formula is C23H19ClN2O2. The fourth-order valence-corrected chi connectivity index (χ4v) is 3.20. The number of carbonyl (C=O) groups excluding carboxylic acids is 1. The number of halogens is 1. The van der Waals surface area contributed by atoms with Crippen molar-refractivity contribution in [1.82, 2.24) is 10.3 Å². The molecule has 0 fully saturated rings. The number of hydrogen-bond acceptors (Lipinski definition) is 2. The average Bonchev–Trinajstić information content (AvgIpc) is 3.15. The normalized spacial score (nSPS) is 10.8. The number of aromatic nitrogens is 1. The number of hydrogen-bond donors (Lipinski definition) is 2. The van der Waals surface area contributed by atoms with E-state index in [9.17, 15) is 4.79 Å².